The number of nitrogens with one attached hydrogen (secondary N) is 2. The number of nitrogens with zero attached hydrogens (tertiary/aromatic N) is 11. The van der Waals surface area contributed by atoms with Gasteiger partial charge in [-0.3, -0.25) is 34.3 Å². The number of hydrogen-bond donors (Lipinski definition) is 2. The largest absolute Gasteiger partial charge is 0.342 e. The summed E-state index contributed by atoms with van der Waals surface area (Å²) in [6.07, 6.45) is 17.9. The minimum atomic E-state index is -0.754. The molecule has 5 saturated heterocycles. The van der Waals surface area contributed by atoms with Gasteiger partial charge in [-0.1, -0.05) is 18.6 Å². The average molecular weight is 1020 g/mol. The average Bonchev–Trinajstić information content (AvgIpc) is 3.96. The Morgan fingerprint density at radius 2 is 1.48 bits per heavy atom. The lowest BCUT2D eigenvalue weighted by Crippen LogP contribution is -2.58. The van der Waals surface area contributed by atoms with E-state index in [9.17, 15) is 19.2 Å². The SMILES string of the molecule is CC(C)n1cnc2cc(-c3ccc4c(c3)N([C@H]3C[C@@H](N5CCCCC5)C3)C(=O)C43CCN(C(=O)C4CCN(C(=O)C5CCN(c6ncc(C7CCC(=O)NC7=O)cn6)CC5)CC4)CC3)nc(Nc3cnccc3F)c21. The molecule has 12 rings (SSSR count). The van der Waals surface area contributed by atoms with Gasteiger partial charge in [-0.25, -0.2) is 24.3 Å². The normalized spacial score (nSPS) is 23.7. The molecule has 1 atom stereocenters. The summed E-state index contributed by atoms with van der Waals surface area (Å²) >= 11 is 0. The monoisotopic (exact) mass is 1020 g/mol. The van der Waals surface area contributed by atoms with Gasteiger partial charge in [-0.2, -0.15) is 0 Å². The summed E-state index contributed by atoms with van der Waals surface area (Å²) in [5.41, 5.74) is 5.03. The summed E-state index contributed by atoms with van der Waals surface area (Å²) in [4.78, 5) is 101. The van der Waals surface area contributed by atoms with Gasteiger partial charge in [0.1, 0.15) is 11.3 Å². The minimum Gasteiger partial charge on any atom is -0.342 e. The van der Waals surface area contributed by atoms with Crippen molar-refractivity contribution in [1.29, 1.82) is 0 Å². The van der Waals surface area contributed by atoms with E-state index < -0.39 is 17.2 Å². The van der Waals surface area contributed by atoms with Crippen LogP contribution in [0.15, 0.2) is 61.4 Å². The minimum absolute atomic E-state index is 0.0702. The Kier molecular flexibility index (Phi) is 13.1. The van der Waals surface area contributed by atoms with E-state index in [0.717, 1.165) is 48.3 Å². The van der Waals surface area contributed by atoms with Crippen molar-refractivity contribution in [2.24, 2.45) is 11.8 Å². The first-order valence-corrected chi connectivity index (χ1v) is 27.4. The highest BCUT2D eigenvalue weighted by Gasteiger charge is 2.56. The highest BCUT2D eigenvalue weighted by Crippen LogP contribution is 2.52. The van der Waals surface area contributed by atoms with E-state index >= 15 is 9.18 Å². The highest BCUT2D eigenvalue weighted by molar-refractivity contribution is 6.09. The summed E-state index contributed by atoms with van der Waals surface area (Å²) in [6.45, 7) is 9.68. The zero-order valence-electron chi connectivity index (χ0n) is 42.9. The molecular weight excluding hydrogens is 954 g/mol. The van der Waals surface area contributed by atoms with E-state index in [-0.39, 0.29) is 59.1 Å². The number of halogens is 1. The number of carbonyl (C=O) groups is 5. The third kappa shape index (κ3) is 9.07. The second kappa shape index (κ2) is 20.0. The van der Waals surface area contributed by atoms with Crippen LogP contribution in [0.1, 0.15) is 120 Å². The maximum Gasteiger partial charge on any atom is 0.238 e. The molecule has 6 fully saturated rings. The molecule has 19 heteroatoms. The number of fused-ring (bicyclic) bond motifs is 3. The van der Waals surface area contributed by atoms with Gasteiger partial charge in [0.2, 0.25) is 35.5 Å². The number of pyridine rings is 2. The molecule has 2 N–H and O–H groups in total. The smallest absolute Gasteiger partial charge is 0.238 e. The van der Waals surface area contributed by atoms with E-state index in [1.807, 2.05) is 26.5 Å². The lowest BCUT2D eigenvalue weighted by molar-refractivity contribution is -0.144. The number of hydrogen-bond acceptors (Lipinski definition) is 13. The standard InChI is InChI=1S/C56H66FN13O5/c1-34(2)69-33-61-45-29-44(62-50(49(45)69)63-46-32-58-17-10-43(46)57)37-6-8-42-47(26-37)70(40-27-39(28-40)65-18-4-3-5-19-65)54(75)56(42)15-24-67(25-16-56)53(74)35-11-20-66(21-12-35)52(73)36-13-22-68(23-14-36)55-59-30-38(31-60-55)41-7-9-48(71)64-51(41)72/h6,8,10,17,26,29-36,39-41H,3-5,7,9,11-16,18-25,27-28H2,1-2H3,(H,62,63)(H,64,71,72)/t39-,40+,41?. The van der Waals surface area contributed by atoms with Gasteiger partial charge in [0.05, 0.1) is 40.8 Å². The summed E-state index contributed by atoms with van der Waals surface area (Å²) < 4.78 is 17.1. The van der Waals surface area contributed by atoms with Crippen LogP contribution in [0.25, 0.3) is 22.3 Å². The zero-order valence-corrected chi connectivity index (χ0v) is 42.9. The number of imidazole rings is 1. The van der Waals surface area contributed by atoms with Crippen LogP contribution in [0, 0.1) is 17.7 Å². The van der Waals surface area contributed by atoms with Crippen LogP contribution in [-0.2, 0) is 29.4 Å². The Morgan fingerprint density at radius 3 is 2.16 bits per heavy atom. The van der Waals surface area contributed by atoms with Crippen molar-refractivity contribution >= 4 is 63.7 Å². The van der Waals surface area contributed by atoms with Crippen LogP contribution in [-0.4, -0.2) is 138 Å². The Hall–Kier alpha value is -6.89. The van der Waals surface area contributed by atoms with E-state index in [1.165, 1.54) is 37.7 Å². The fourth-order valence-corrected chi connectivity index (χ4v) is 13.2. The van der Waals surface area contributed by atoms with Crippen molar-refractivity contribution in [2.45, 2.75) is 127 Å². The van der Waals surface area contributed by atoms with Crippen molar-refractivity contribution < 1.29 is 28.4 Å². The van der Waals surface area contributed by atoms with Gasteiger partial charge in [-0.05, 0) is 121 Å². The quantitative estimate of drug-likeness (QED) is 0.142. The molecule has 1 aromatic carbocycles. The molecule has 1 spiro atoms. The molecule has 1 aliphatic carbocycles. The third-order valence-corrected chi connectivity index (χ3v) is 17.7. The van der Waals surface area contributed by atoms with Crippen molar-refractivity contribution in [3.63, 3.8) is 0 Å². The number of aromatic nitrogens is 6. The summed E-state index contributed by atoms with van der Waals surface area (Å²) in [5.74, 6) is -0.322. The van der Waals surface area contributed by atoms with Gasteiger partial charge in [0, 0.05) is 111 Å². The molecular formula is C56H66FN13O5. The second-order valence-corrected chi connectivity index (χ2v) is 22.3. The van der Waals surface area contributed by atoms with Gasteiger partial charge in [0.25, 0.3) is 0 Å². The molecule has 0 bridgehead atoms. The maximum absolute atomic E-state index is 15.3. The number of likely N-dealkylation sites (tertiary alicyclic amines) is 3. The van der Waals surface area contributed by atoms with Crippen molar-refractivity contribution in [2.75, 3.05) is 67.5 Å². The topological polar surface area (TPSA) is 195 Å². The van der Waals surface area contributed by atoms with Gasteiger partial charge >= 0.3 is 0 Å². The number of benzene rings is 1. The predicted octanol–water partition coefficient (Wildman–Crippen LogP) is 6.65. The second-order valence-electron chi connectivity index (χ2n) is 22.3. The van der Waals surface area contributed by atoms with Crippen LogP contribution in [0.2, 0.25) is 0 Å². The Balaban J connectivity index is 0.712. The van der Waals surface area contributed by atoms with Crippen molar-refractivity contribution in [3.8, 4) is 11.3 Å². The molecule has 75 heavy (non-hydrogen) atoms. The molecule has 5 amide bonds. The van der Waals surface area contributed by atoms with Crippen LogP contribution >= 0.6 is 0 Å². The number of imide groups is 1. The summed E-state index contributed by atoms with van der Waals surface area (Å²) in [6, 6.07) is 10.2. The molecule has 18 nitrogen and oxygen atoms in total. The molecule has 1 saturated carbocycles. The number of amides is 5. The molecule has 0 radical (unpaired) electrons. The van der Waals surface area contributed by atoms with Crippen molar-refractivity contribution in [1.82, 2.24) is 49.5 Å². The highest BCUT2D eigenvalue weighted by atomic mass is 19.1. The number of piperidine rings is 5. The first kappa shape index (κ1) is 49.0. The summed E-state index contributed by atoms with van der Waals surface area (Å²) in [7, 11) is 0. The maximum atomic E-state index is 15.3. The molecule has 392 valence electrons. The van der Waals surface area contributed by atoms with Gasteiger partial charge in [-0.15, -0.1) is 0 Å². The molecule has 7 aliphatic rings. The van der Waals surface area contributed by atoms with Crippen LogP contribution in [0.3, 0.4) is 0 Å². The Morgan fingerprint density at radius 1 is 0.787 bits per heavy atom. The molecule has 4 aromatic heterocycles. The molecule has 6 aliphatic heterocycles. The van der Waals surface area contributed by atoms with Crippen LogP contribution in [0.5, 0.6) is 0 Å². The predicted molar refractivity (Wildman–Crippen MR) is 279 cm³/mol. The fraction of sp³-hybridized carbons (Fsp3) is 0.536. The third-order valence-electron chi connectivity index (χ3n) is 17.7. The molecule has 1 unspecified atom stereocenters. The van der Waals surface area contributed by atoms with E-state index in [4.69, 9.17) is 9.97 Å². The Bertz CT molecular complexity index is 3020. The number of carbonyl (C=O) groups excluding carboxylic acids is 5. The fourth-order valence-electron chi connectivity index (χ4n) is 13.2. The van der Waals surface area contributed by atoms with E-state index in [0.29, 0.717) is 125 Å². The first-order valence-electron chi connectivity index (χ1n) is 27.4. The van der Waals surface area contributed by atoms with Gasteiger partial charge < -0.3 is 34.4 Å². The lowest BCUT2D eigenvalue weighted by Gasteiger charge is -2.48. The first-order chi connectivity index (χ1) is 36.4. The number of rotatable bonds is 10. The van der Waals surface area contributed by atoms with E-state index in [1.54, 1.807) is 18.7 Å². The molecule has 10 heterocycles. The molecule has 5 aromatic rings. The Labute approximate surface area is 435 Å². The van der Waals surface area contributed by atoms with E-state index in [2.05, 4.69) is 66.3 Å². The van der Waals surface area contributed by atoms with Crippen molar-refractivity contribution in [3.05, 3.63) is 78.4 Å². The zero-order chi connectivity index (χ0) is 51.5. The van der Waals surface area contributed by atoms with Gasteiger partial charge in [0.15, 0.2) is 5.82 Å². The summed E-state index contributed by atoms with van der Waals surface area (Å²) in [5, 5.41) is 5.61. The van der Waals surface area contributed by atoms with Crippen LogP contribution < -0.4 is 20.4 Å². The lowest BCUT2D eigenvalue weighted by atomic mass is 9.73. The van der Waals surface area contributed by atoms with Crippen LogP contribution in [0.4, 0.5) is 27.5 Å². The number of anilines is 4.